The second-order valence-corrected chi connectivity index (χ2v) is 13.5. The van der Waals surface area contributed by atoms with Crippen molar-refractivity contribution in [1.82, 2.24) is 110 Å². The van der Waals surface area contributed by atoms with Crippen LogP contribution in [-0.2, 0) is 0 Å². The number of nitrogens with zero attached hydrogens (tertiary/aromatic N) is 22. The maximum absolute atomic E-state index is 3.78. The number of benzene rings is 3. The van der Waals surface area contributed by atoms with E-state index in [9.17, 15) is 0 Å². The Morgan fingerprint density at radius 2 is 0.275 bits per heavy atom. The summed E-state index contributed by atoms with van der Waals surface area (Å²) in [6, 6.07) is 53.1. The third-order valence-electron chi connectivity index (χ3n) is 7.63. The molecule has 0 unspecified atom stereocenters. The van der Waals surface area contributed by atoms with Crippen LogP contribution in [0.25, 0.3) is 10.8 Å². The van der Waals surface area contributed by atoms with Crippen molar-refractivity contribution in [3.05, 3.63) is 357 Å². The minimum Gasteiger partial charge on any atom is -0.265 e. The molecule has 109 heavy (non-hydrogen) atoms. The summed E-state index contributed by atoms with van der Waals surface area (Å²) in [5, 5.41) is 23.5. The van der Waals surface area contributed by atoms with Gasteiger partial charge in [0.2, 0.25) is 0 Å². The highest BCUT2D eigenvalue weighted by atomic mass is 15.1. The van der Waals surface area contributed by atoms with Gasteiger partial charge in [0.1, 0.15) is 44.3 Å². The lowest BCUT2D eigenvalue weighted by atomic mass is 10.1. The van der Waals surface area contributed by atoms with Crippen LogP contribution in [0.4, 0.5) is 0 Å². The summed E-state index contributed by atoms with van der Waals surface area (Å²) in [6.07, 6.45) is 49.9. The van der Waals surface area contributed by atoms with Crippen molar-refractivity contribution in [1.29, 1.82) is 0 Å². The van der Waals surface area contributed by atoms with E-state index in [0.29, 0.717) is 0 Å². The lowest BCUT2D eigenvalue weighted by Gasteiger charge is -1.92. The molecule has 14 rings (SSSR count). The Morgan fingerprint density at radius 3 is 0.367 bits per heavy atom. The fourth-order valence-electron chi connectivity index (χ4n) is 4.34. The first kappa shape index (κ1) is 127. The molecule has 0 atom stereocenters. The van der Waals surface area contributed by atoms with Crippen molar-refractivity contribution >= 4 is 10.8 Å². The number of fused-ring (bicyclic) bond motifs is 1. The van der Waals surface area contributed by atoms with Crippen LogP contribution in [0.15, 0.2) is 357 Å². The summed E-state index contributed by atoms with van der Waals surface area (Å²) in [5.41, 5.74) is 0. The van der Waals surface area contributed by atoms with E-state index in [2.05, 4.69) is 159 Å². The standard InChI is InChI=1S/C10H8.C6H6.3C5H5N.5C4H4N2.3C3H3N3.13C2H6.CH4/c1-2-6-10-8-4-3-7-9(10)5-1;4*1-2-4-6-5-3-1;2*1-2-6-4-3-5-1;2*1-2-5-4-6-3-1;1-2-4-6-5-3-1;1-4-2-6-3-5-1;2*1-2-5-6-3-4-1;13*1-2;/h1-8H;1-6H;3*1-5H;5*1-4H;3*1-3H;13*1-2H3;1H4. The highest BCUT2D eigenvalue weighted by molar-refractivity contribution is 5.82. The van der Waals surface area contributed by atoms with Crippen LogP contribution in [0.3, 0.4) is 0 Å². The van der Waals surface area contributed by atoms with Crippen molar-refractivity contribution in [2.75, 3.05) is 0 Å². The third kappa shape index (κ3) is 139. The highest BCUT2D eigenvalue weighted by Crippen LogP contribution is 2.11. The predicted octanol–water partition coefficient (Wildman–Crippen LogP) is 23.7. The van der Waals surface area contributed by atoms with Gasteiger partial charge in [0.25, 0.3) is 0 Å². The topological polar surface area (TPSA) is 284 Å². The van der Waals surface area contributed by atoms with Crippen molar-refractivity contribution < 1.29 is 0 Å². The van der Waals surface area contributed by atoms with Gasteiger partial charge in [0.05, 0.1) is 12.4 Å². The van der Waals surface area contributed by atoms with Gasteiger partial charge < -0.3 is 0 Å². The van der Waals surface area contributed by atoms with Crippen molar-refractivity contribution in [3.63, 3.8) is 0 Å². The minimum atomic E-state index is 0. The molecule has 11 aromatic heterocycles. The van der Waals surface area contributed by atoms with E-state index < -0.39 is 0 Å². The molecule has 0 aliphatic heterocycles. The first-order valence-corrected chi connectivity index (χ1v) is 37.1. The Kier molecular flexibility index (Phi) is 183. The monoisotopic (exact) mass is 1490 g/mol. The molecule has 0 amide bonds. The smallest absolute Gasteiger partial charge is 0.138 e. The molecule has 22 heteroatoms. The molecule has 0 fully saturated rings. The zero-order valence-electron chi connectivity index (χ0n) is 70.3. The van der Waals surface area contributed by atoms with E-state index >= 15 is 0 Å². The van der Waals surface area contributed by atoms with Gasteiger partial charge in [-0.1, -0.05) is 291 Å². The summed E-state index contributed by atoms with van der Waals surface area (Å²) in [5.74, 6) is 0. The molecule has 0 spiro atoms. The zero-order valence-corrected chi connectivity index (χ0v) is 70.3. The first-order chi connectivity index (χ1) is 54.0. The maximum atomic E-state index is 3.78. The molecule has 3 aromatic carbocycles. The molecule has 0 aliphatic carbocycles. The van der Waals surface area contributed by atoms with Crippen molar-refractivity contribution in [2.24, 2.45) is 0 Å². The lowest BCUT2D eigenvalue weighted by Crippen LogP contribution is -1.75. The zero-order chi connectivity index (χ0) is 83.7. The summed E-state index contributed by atoms with van der Waals surface area (Å²) in [4.78, 5) is 58.8. The number of hydrogen-bond acceptors (Lipinski definition) is 22. The maximum Gasteiger partial charge on any atom is 0.138 e. The highest BCUT2D eigenvalue weighted by Gasteiger charge is 1.85. The number of aromatic nitrogens is 22. The SMILES string of the molecule is C.CC.CC.CC.CC.CC.CC.CC.CC.CC.CC.CC.CC.CC.c1ccc2ccccc2c1.c1ccccc1.c1ccncc1.c1ccncc1.c1ccncc1.c1ccnnc1.c1cnccn1.c1cnccn1.c1cncnc1.c1cncnc1.c1cnncn1.c1cnncn1.c1ncncn1. The van der Waals surface area contributed by atoms with E-state index in [-0.39, 0.29) is 7.43 Å². The molecule has 0 saturated heterocycles. The van der Waals surface area contributed by atoms with E-state index in [1.54, 1.807) is 148 Å². The van der Waals surface area contributed by atoms with Gasteiger partial charge in [-0.2, -0.15) is 20.4 Å². The molecular weight excluding hydrogens is 1350 g/mol. The Balaban J connectivity index is -0.0000000813. The molecule has 0 radical (unpaired) electrons. The molecule has 22 nitrogen and oxygen atoms in total. The predicted molar refractivity (Wildman–Crippen MR) is 467 cm³/mol. The molecule has 0 saturated carbocycles. The molecule has 11 heterocycles. The Morgan fingerprint density at radius 1 is 0.119 bits per heavy atom. The quantitative estimate of drug-likeness (QED) is 0.136. The van der Waals surface area contributed by atoms with Crippen LogP contribution in [0.1, 0.15) is 187 Å². The van der Waals surface area contributed by atoms with E-state index in [1.165, 1.54) is 67.5 Å². The van der Waals surface area contributed by atoms with Gasteiger partial charge in [0.15, 0.2) is 0 Å². The number of pyridine rings is 3. The molecular formula is C87H140N22. The fraction of sp³-hybridized carbons (Fsp3) is 0.310. The van der Waals surface area contributed by atoms with Gasteiger partial charge >= 0.3 is 0 Å². The molecule has 14 aromatic rings. The first-order valence-electron chi connectivity index (χ1n) is 37.1. The normalized spacial score (nSPS) is 6.92. The average molecular weight is 1490 g/mol. The van der Waals surface area contributed by atoms with Gasteiger partial charge in [-0.15, -0.1) is 10.2 Å². The Labute approximate surface area is 662 Å². The Hall–Kier alpha value is -12.2. The Bertz CT molecular complexity index is 2170. The third-order valence-corrected chi connectivity index (χ3v) is 7.63. The van der Waals surface area contributed by atoms with Crippen LogP contribution < -0.4 is 0 Å². The van der Waals surface area contributed by atoms with Crippen LogP contribution in [0.5, 0.6) is 0 Å². The van der Waals surface area contributed by atoms with Gasteiger partial charge in [0, 0.05) is 136 Å². The van der Waals surface area contributed by atoms with Crippen molar-refractivity contribution in [2.45, 2.75) is 187 Å². The van der Waals surface area contributed by atoms with E-state index in [4.69, 9.17) is 0 Å². The van der Waals surface area contributed by atoms with Crippen LogP contribution in [0, 0.1) is 0 Å². The molecule has 0 bridgehead atoms. The second-order valence-electron chi connectivity index (χ2n) is 13.5. The minimum absolute atomic E-state index is 0. The molecule has 0 N–H and O–H groups in total. The largest absolute Gasteiger partial charge is 0.265 e. The van der Waals surface area contributed by atoms with Crippen LogP contribution in [-0.4, -0.2) is 110 Å². The van der Waals surface area contributed by atoms with Gasteiger partial charge in [-0.25, -0.2) is 44.9 Å². The summed E-state index contributed by atoms with van der Waals surface area (Å²) < 4.78 is 0. The van der Waals surface area contributed by atoms with Crippen LogP contribution >= 0.6 is 0 Å². The summed E-state index contributed by atoms with van der Waals surface area (Å²) in [6.45, 7) is 52.0. The fourth-order valence-corrected chi connectivity index (χ4v) is 4.34. The average Bonchev–Trinajstić information content (AvgIpc) is 0.875. The lowest BCUT2D eigenvalue weighted by molar-refractivity contribution is 0.969. The molecule has 598 valence electrons. The number of hydrogen-bond donors (Lipinski definition) is 0. The summed E-state index contributed by atoms with van der Waals surface area (Å²) in [7, 11) is 0. The number of rotatable bonds is 0. The second kappa shape index (κ2) is 158. The molecule has 0 aliphatic rings. The summed E-state index contributed by atoms with van der Waals surface area (Å²) >= 11 is 0. The van der Waals surface area contributed by atoms with E-state index in [0.717, 1.165) is 0 Å². The van der Waals surface area contributed by atoms with Crippen molar-refractivity contribution in [3.8, 4) is 0 Å². The van der Waals surface area contributed by atoms with Gasteiger partial charge in [-0.3, -0.25) is 34.9 Å². The van der Waals surface area contributed by atoms with E-state index in [1.807, 2.05) is 283 Å². The van der Waals surface area contributed by atoms with Crippen LogP contribution in [0.2, 0.25) is 0 Å². The van der Waals surface area contributed by atoms with Gasteiger partial charge in [-0.05, 0) is 71.4 Å².